The highest BCUT2D eigenvalue weighted by Crippen LogP contribution is 2.34. The molecule has 2 atom stereocenters. The zero-order chi connectivity index (χ0) is 17.3. The van der Waals surface area contributed by atoms with Crippen LogP contribution in [-0.2, 0) is 4.79 Å². The third-order valence-corrected chi connectivity index (χ3v) is 4.29. The molecule has 1 saturated heterocycles. The topological polar surface area (TPSA) is 81.9 Å². The Morgan fingerprint density at radius 2 is 2.21 bits per heavy atom. The molecule has 1 aliphatic heterocycles. The Balaban J connectivity index is 1.91. The van der Waals surface area contributed by atoms with E-state index in [1.807, 2.05) is 6.07 Å². The number of aromatic nitrogens is 2. The smallest absolute Gasteiger partial charge is 0.225 e. The van der Waals surface area contributed by atoms with E-state index in [2.05, 4.69) is 15.3 Å². The maximum atomic E-state index is 13.8. The first-order valence-corrected chi connectivity index (χ1v) is 7.56. The molecule has 1 N–H and O–H groups in total. The number of nitriles is 1. The number of halogens is 2. The van der Waals surface area contributed by atoms with Gasteiger partial charge in [-0.15, -0.1) is 0 Å². The Hall–Kier alpha value is -2.72. The van der Waals surface area contributed by atoms with E-state index in [9.17, 15) is 9.18 Å². The average molecular weight is 346 g/mol. The Morgan fingerprint density at radius 3 is 2.92 bits per heavy atom. The second-order valence-electron chi connectivity index (χ2n) is 5.48. The van der Waals surface area contributed by atoms with E-state index in [1.165, 1.54) is 24.5 Å². The van der Waals surface area contributed by atoms with Gasteiger partial charge in [0, 0.05) is 19.5 Å². The van der Waals surface area contributed by atoms with E-state index in [4.69, 9.17) is 16.9 Å². The molecule has 0 bridgehead atoms. The fourth-order valence-electron chi connectivity index (χ4n) is 2.84. The molecular weight excluding hydrogens is 333 g/mol. The first-order chi connectivity index (χ1) is 11.5. The van der Waals surface area contributed by atoms with E-state index in [0.29, 0.717) is 11.4 Å². The van der Waals surface area contributed by atoms with Crippen LogP contribution in [0.4, 0.5) is 10.2 Å². The van der Waals surface area contributed by atoms with E-state index in [1.54, 1.807) is 18.0 Å². The number of amides is 1. The van der Waals surface area contributed by atoms with Gasteiger partial charge in [-0.2, -0.15) is 5.26 Å². The number of carbonyl (C=O) groups excluding carboxylic acids is 1. The molecule has 1 aromatic heterocycles. The van der Waals surface area contributed by atoms with Crippen molar-refractivity contribution in [2.24, 2.45) is 0 Å². The van der Waals surface area contributed by atoms with Crippen molar-refractivity contribution in [2.45, 2.75) is 18.5 Å². The van der Waals surface area contributed by atoms with Crippen LogP contribution >= 0.6 is 11.6 Å². The molecule has 1 fully saturated rings. The van der Waals surface area contributed by atoms with Gasteiger partial charge in [-0.05, 0) is 17.7 Å². The second-order valence-corrected chi connectivity index (χ2v) is 5.89. The maximum Gasteiger partial charge on any atom is 0.225 e. The predicted molar refractivity (Wildman–Crippen MR) is 85.7 cm³/mol. The summed E-state index contributed by atoms with van der Waals surface area (Å²) < 4.78 is 13.8. The number of likely N-dealkylation sites (N-methyl/N-ethyl adjacent to an activating group) is 1. The highest BCUT2D eigenvalue weighted by Gasteiger charge is 2.39. The molecular formula is C16H13ClFN5O. The van der Waals surface area contributed by atoms with Gasteiger partial charge in [-0.25, -0.2) is 14.4 Å². The molecule has 0 spiro atoms. The van der Waals surface area contributed by atoms with E-state index in [0.717, 1.165) is 0 Å². The molecule has 1 aliphatic rings. The Kier molecular flexibility index (Phi) is 4.32. The van der Waals surface area contributed by atoms with E-state index >= 15 is 0 Å². The van der Waals surface area contributed by atoms with Crippen molar-refractivity contribution in [1.29, 1.82) is 5.26 Å². The van der Waals surface area contributed by atoms with Crippen molar-refractivity contribution in [2.75, 3.05) is 12.4 Å². The Morgan fingerprint density at radius 1 is 1.42 bits per heavy atom. The quantitative estimate of drug-likeness (QED) is 0.924. The first kappa shape index (κ1) is 16.1. The highest BCUT2D eigenvalue weighted by atomic mass is 35.5. The number of nitrogens with zero attached hydrogens (tertiary/aromatic N) is 4. The van der Waals surface area contributed by atoms with Gasteiger partial charge in [0.1, 0.15) is 29.7 Å². The molecule has 2 aromatic rings. The molecule has 0 aliphatic carbocycles. The summed E-state index contributed by atoms with van der Waals surface area (Å²) in [7, 11) is 1.67. The first-order valence-electron chi connectivity index (χ1n) is 7.19. The molecule has 24 heavy (non-hydrogen) atoms. The minimum absolute atomic E-state index is 0.0321. The fraction of sp³-hybridized carbons (Fsp3) is 0.250. The Labute approximate surface area is 142 Å². The minimum atomic E-state index is -0.533. The lowest BCUT2D eigenvalue weighted by atomic mass is 10.00. The molecule has 6 nitrogen and oxygen atoms in total. The zero-order valence-corrected chi connectivity index (χ0v) is 13.5. The molecule has 1 amide bonds. The number of carbonyl (C=O) groups is 1. The van der Waals surface area contributed by atoms with Crippen molar-refractivity contribution in [3.63, 3.8) is 0 Å². The summed E-state index contributed by atoms with van der Waals surface area (Å²) in [5.41, 5.74) is 0.858. The van der Waals surface area contributed by atoms with Gasteiger partial charge < -0.3 is 10.2 Å². The second kappa shape index (κ2) is 6.42. The number of anilines is 1. The number of hydrogen-bond donors (Lipinski definition) is 1. The third-order valence-electron chi connectivity index (χ3n) is 3.99. The van der Waals surface area contributed by atoms with E-state index in [-0.39, 0.29) is 35.1 Å². The molecule has 3 rings (SSSR count). The number of benzene rings is 1. The normalized spacial score (nSPS) is 20.1. The summed E-state index contributed by atoms with van der Waals surface area (Å²) in [5.74, 6) is -0.161. The van der Waals surface area contributed by atoms with Crippen molar-refractivity contribution in [3.8, 4) is 6.07 Å². The van der Waals surface area contributed by atoms with Gasteiger partial charge in [0.25, 0.3) is 0 Å². The summed E-state index contributed by atoms with van der Waals surface area (Å²) in [6, 6.07) is 7.25. The van der Waals surface area contributed by atoms with Crippen LogP contribution in [0.2, 0.25) is 5.02 Å². The molecule has 122 valence electrons. The highest BCUT2D eigenvalue weighted by molar-refractivity contribution is 6.30. The number of rotatable bonds is 3. The van der Waals surface area contributed by atoms with Gasteiger partial charge in [-0.3, -0.25) is 4.79 Å². The molecule has 8 heteroatoms. The average Bonchev–Trinajstić information content (AvgIpc) is 2.84. The summed E-state index contributed by atoms with van der Waals surface area (Å²) in [4.78, 5) is 21.5. The van der Waals surface area contributed by atoms with E-state index < -0.39 is 5.82 Å². The van der Waals surface area contributed by atoms with Crippen LogP contribution in [0.5, 0.6) is 0 Å². The monoisotopic (exact) mass is 345 g/mol. The van der Waals surface area contributed by atoms with Crippen LogP contribution in [0.15, 0.2) is 30.6 Å². The summed E-state index contributed by atoms with van der Waals surface area (Å²) in [6.07, 6.45) is 1.51. The predicted octanol–water partition coefficient (Wildman–Crippen LogP) is 2.52. The van der Waals surface area contributed by atoms with Crippen molar-refractivity contribution >= 4 is 23.3 Å². The molecule has 1 aromatic carbocycles. The zero-order valence-electron chi connectivity index (χ0n) is 12.7. The van der Waals surface area contributed by atoms with Gasteiger partial charge in [0.2, 0.25) is 5.91 Å². The number of likely N-dealkylation sites (tertiary alicyclic amines) is 1. The summed E-state index contributed by atoms with van der Waals surface area (Å²) >= 11 is 5.73. The summed E-state index contributed by atoms with van der Waals surface area (Å²) in [6.45, 7) is 0. The van der Waals surface area contributed by atoms with Crippen molar-refractivity contribution < 1.29 is 9.18 Å². The van der Waals surface area contributed by atoms with Crippen LogP contribution in [0.25, 0.3) is 0 Å². The lowest BCUT2D eigenvalue weighted by Gasteiger charge is -2.26. The summed E-state index contributed by atoms with van der Waals surface area (Å²) in [5, 5.41) is 12.1. The van der Waals surface area contributed by atoms with Gasteiger partial charge in [0.05, 0.1) is 17.1 Å². The van der Waals surface area contributed by atoms with Gasteiger partial charge in [-0.1, -0.05) is 17.7 Å². The largest absolute Gasteiger partial charge is 0.364 e. The van der Waals surface area contributed by atoms with Crippen LogP contribution in [0, 0.1) is 17.1 Å². The maximum absolute atomic E-state index is 13.8. The van der Waals surface area contributed by atoms with Gasteiger partial charge >= 0.3 is 0 Å². The number of nitrogens with one attached hydrogen (secondary N) is 1. The molecule has 0 radical (unpaired) electrons. The van der Waals surface area contributed by atoms with Crippen molar-refractivity contribution in [3.05, 3.63) is 52.7 Å². The molecule has 0 saturated carbocycles. The van der Waals surface area contributed by atoms with Crippen LogP contribution in [-0.4, -0.2) is 33.9 Å². The lowest BCUT2D eigenvalue weighted by molar-refractivity contribution is -0.127. The molecule has 0 unspecified atom stereocenters. The fourth-order valence-corrected chi connectivity index (χ4v) is 2.96. The Bertz CT molecular complexity index is 837. The SMILES string of the molecule is CN1C(=O)C[C@H](Nc2cc(C#N)ncn2)[C@H]1c1ccc(Cl)c(F)c1. The minimum Gasteiger partial charge on any atom is -0.364 e. The van der Waals surface area contributed by atoms with Crippen LogP contribution < -0.4 is 5.32 Å². The van der Waals surface area contributed by atoms with Crippen molar-refractivity contribution in [1.82, 2.24) is 14.9 Å². The van der Waals surface area contributed by atoms with Gasteiger partial charge in [0.15, 0.2) is 0 Å². The number of hydrogen-bond acceptors (Lipinski definition) is 5. The third kappa shape index (κ3) is 3.01. The lowest BCUT2D eigenvalue weighted by Crippen LogP contribution is -2.30. The van der Waals surface area contributed by atoms with Crippen LogP contribution in [0.1, 0.15) is 23.7 Å². The molecule has 2 heterocycles. The standard InChI is InChI=1S/C16H13ClFN5O/c1-23-15(24)6-13(22-14-5-10(7-19)20-8-21-14)16(23)9-2-3-11(17)12(18)4-9/h2-5,8,13,16H,6H2,1H3,(H,20,21,22)/t13-,16+/m0/s1. The van der Waals surface area contributed by atoms with Crippen LogP contribution in [0.3, 0.4) is 0 Å².